The molecule has 0 fully saturated rings. The molecule has 0 N–H and O–H groups in total. The maximum atomic E-state index is 14.5. The van der Waals surface area contributed by atoms with Crippen molar-refractivity contribution in [1.29, 1.82) is 0 Å². The third-order valence-corrected chi connectivity index (χ3v) is 7.59. The van der Waals surface area contributed by atoms with Gasteiger partial charge in [0.1, 0.15) is 5.82 Å². The van der Waals surface area contributed by atoms with Crippen LogP contribution in [0, 0.1) is 5.82 Å². The SMILES string of the molecule is O=P(c1ccccc1)(c1ccccc1)c1c(F)cccc1Br. The smallest absolute Gasteiger partial charge is 0.175 e. The van der Waals surface area contributed by atoms with E-state index in [2.05, 4.69) is 15.9 Å². The van der Waals surface area contributed by atoms with Crippen LogP contribution in [0.5, 0.6) is 0 Å². The molecule has 110 valence electrons. The van der Waals surface area contributed by atoms with Crippen LogP contribution in [0.1, 0.15) is 0 Å². The van der Waals surface area contributed by atoms with Gasteiger partial charge in [-0.05, 0) is 28.1 Å². The molecule has 0 unspecified atom stereocenters. The Labute approximate surface area is 137 Å². The molecular weight excluding hydrogens is 362 g/mol. The van der Waals surface area contributed by atoms with E-state index in [1.807, 2.05) is 36.4 Å². The molecular formula is C18H13BrFOP. The molecule has 0 saturated carbocycles. The van der Waals surface area contributed by atoms with E-state index < -0.39 is 13.0 Å². The third kappa shape index (κ3) is 2.55. The predicted molar refractivity (Wildman–Crippen MR) is 93.5 cm³/mol. The molecule has 0 aliphatic heterocycles. The lowest BCUT2D eigenvalue weighted by Gasteiger charge is -2.21. The van der Waals surface area contributed by atoms with Gasteiger partial charge >= 0.3 is 0 Å². The van der Waals surface area contributed by atoms with Crippen molar-refractivity contribution in [3.05, 3.63) is 89.2 Å². The highest BCUT2D eigenvalue weighted by Crippen LogP contribution is 2.45. The first-order chi connectivity index (χ1) is 10.6. The molecule has 3 aromatic rings. The molecule has 0 aliphatic rings. The summed E-state index contributed by atoms with van der Waals surface area (Å²) in [5.74, 6) is -0.467. The summed E-state index contributed by atoms with van der Waals surface area (Å²) in [6.07, 6.45) is 0. The first-order valence-electron chi connectivity index (χ1n) is 6.80. The lowest BCUT2D eigenvalue weighted by Crippen LogP contribution is -2.27. The fourth-order valence-electron chi connectivity index (χ4n) is 2.47. The van der Waals surface area contributed by atoms with Crippen LogP contribution in [0.25, 0.3) is 0 Å². The van der Waals surface area contributed by atoms with Crippen molar-refractivity contribution in [2.45, 2.75) is 0 Å². The van der Waals surface area contributed by atoms with Crippen LogP contribution in [0.4, 0.5) is 4.39 Å². The second kappa shape index (κ2) is 6.20. The normalized spacial score (nSPS) is 11.4. The third-order valence-electron chi connectivity index (χ3n) is 3.49. The summed E-state index contributed by atoms with van der Waals surface area (Å²) < 4.78 is 29.0. The van der Waals surface area contributed by atoms with Crippen LogP contribution in [0.3, 0.4) is 0 Å². The van der Waals surface area contributed by atoms with E-state index in [1.165, 1.54) is 6.07 Å². The zero-order valence-corrected chi connectivity index (χ0v) is 14.1. The summed E-state index contributed by atoms with van der Waals surface area (Å²) in [6, 6.07) is 22.8. The van der Waals surface area contributed by atoms with Crippen molar-refractivity contribution in [2.75, 3.05) is 0 Å². The highest BCUT2D eigenvalue weighted by molar-refractivity contribution is 9.10. The van der Waals surface area contributed by atoms with E-state index in [4.69, 9.17) is 0 Å². The van der Waals surface area contributed by atoms with Crippen molar-refractivity contribution in [3.63, 3.8) is 0 Å². The summed E-state index contributed by atoms with van der Waals surface area (Å²) in [4.78, 5) is 0. The average Bonchev–Trinajstić information content (AvgIpc) is 2.56. The Hall–Kier alpha value is -1.70. The van der Waals surface area contributed by atoms with Gasteiger partial charge in [-0.2, -0.15) is 0 Å². The Bertz CT molecular complexity index is 770. The molecule has 0 atom stereocenters. The lowest BCUT2D eigenvalue weighted by atomic mass is 10.3. The zero-order chi connectivity index (χ0) is 15.6. The number of hydrogen-bond acceptors (Lipinski definition) is 1. The molecule has 3 rings (SSSR count). The van der Waals surface area contributed by atoms with Crippen molar-refractivity contribution in [2.24, 2.45) is 0 Å². The second-order valence-corrected chi connectivity index (χ2v) is 8.40. The van der Waals surface area contributed by atoms with Gasteiger partial charge in [0, 0.05) is 15.1 Å². The van der Waals surface area contributed by atoms with Gasteiger partial charge in [0.15, 0.2) is 7.14 Å². The summed E-state index contributed by atoms with van der Waals surface area (Å²) in [5.41, 5.74) is 0. The molecule has 1 nitrogen and oxygen atoms in total. The van der Waals surface area contributed by atoms with Crippen molar-refractivity contribution >= 4 is 39.0 Å². The summed E-state index contributed by atoms with van der Waals surface area (Å²) in [6.45, 7) is 0. The summed E-state index contributed by atoms with van der Waals surface area (Å²) in [5, 5.41) is 1.45. The van der Waals surface area contributed by atoms with Gasteiger partial charge in [-0.25, -0.2) is 4.39 Å². The minimum absolute atomic E-state index is 0.215. The molecule has 0 saturated heterocycles. The Balaban J connectivity index is 2.37. The number of halogens is 2. The van der Waals surface area contributed by atoms with Gasteiger partial charge in [-0.15, -0.1) is 0 Å². The average molecular weight is 375 g/mol. The standard InChI is InChI=1S/C18H13BrFOP/c19-16-12-7-13-17(20)18(16)22(21,14-8-3-1-4-9-14)15-10-5-2-6-11-15/h1-13H. The minimum Gasteiger partial charge on any atom is -0.308 e. The van der Waals surface area contributed by atoms with E-state index in [-0.39, 0.29) is 5.30 Å². The van der Waals surface area contributed by atoms with Gasteiger partial charge in [-0.3, -0.25) is 0 Å². The minimum atomic E-state index is -3.27. The fraction of sp³-hybridized carbons (Fsp3) is 0. The fourth-order valence-corrected chi connectivity index (χ4v) is 6.31. The van der Waals surface area contributed by atoms with E-state index in [9.17, 15) is 8.96 Å². The van der Waals surface area contributed by atoms with Crippen LogP contribution in [-0.4, -0.2) is 0 Å². The predicted octanol–water partition coefficient (Wildman–Crippen LogP) is 4.23. The van der Waals surface area contributed by atoms with Gasteiger partial charge in [0.05, 0.1) is 5.30 Å². The largest absolute Gasteiger partial charge is 0.308 e. The van der Waals surface area contributed by atoms with Crippen molar-refractivity contribution in [3.8, 4) is 0 Å². The van der Waals surface area contributed by atoms with Crippen LogP contribution < -0.4 is 15.9 Å². The van der Waals surface area contributed by atoms with Gasteiger partial charge in [-0.1, -0.05) is 66.7 Å². The zero-order valence-electron chi connectivity index (χ0n) is 11.6. The van der Waals surface area contributed by atoms with Crippen LogP contribution in [0.2, 0.25) is 0 Å². The lowest BCUT2D eigenvalue weighted by molar-refractivity contribution is 0.588. The second-order valence-electron chi connectivity index (χ2n) is 4.85. The van der Waals surface area contributed by atoms with Crippen molar-refractivity contribution < 1.29 is 8.96 Å². The van der Waals surface area contributed by atoms with E-state index in [1.54, 1.807) is 36.4 Å². The molecule has 0 bridgehead atoms. The number of benzene rings is 3. The topological polar surface area (TPSA) is 17.1 Å². The Morgan fingerprint density at radius 1 is 0.727 bits per heavy atom. The van der Waals surface area contributed by atoms with Crippen molar-refractivity contribution in [1.82, 2.24) is 0 Å². The first kappa shape index (κ1) is 15.2. The Kier molecular flexibility index (Phi) is 4.28. The molecule has 3 aromatic carbocycles. The van der Waals surface area contributed by atoms with Gasteiger partial charge in [0.2, 0.25) is 0 Å². The molecule has 4 heteroatoms. The molecule has 0 aromatic heterocycles. The maximum absolute atomic E-state index is 14.5. The maximum Gasteiger partial charge on any atom is 0.175 e. The van der Waals surface area contributed by atoms with E-state index in [0.29, 0.717) is 15.1 Å². The monoisotopic (exact) mass is 374 g/mol. The molecule has 0 radical (unpaired) electrons. The van der Waals surface area contributed by atoms with Crippen LogP contribution >= 0.6 is 23.1 Å². The summed E-state index contributed by atoms with van der Waals surface area (Å²) in [7, 11) is -3.27. The van der Waals surface area contributed by atoms with Gasteiger partial charge < -0.3 is 4.57 Å². The highest BCUT2D eigenvalue weighted by atomic mass is 79.9. The molecule has 22 heavy (non-hydrogen) atoms. The Morgan fingerprint density at radius 2 is 1.23 bits per heavy atom. The quantitative estimate of drug-likeness (QED) is 0.627. The van der Waals surface area contributed by atoms with Gasteiger partial charge in [0.25, 0.3) is 0 Å². The van der Waals surface area contributed by atoms with Crippen LogP contribution in [0.15, 0.2) is 83.3 Å². The van der Waals surface area contributed by atoms with E-state index >= 15 is 0 Å². The number of hydrogen-bond donors (Lipinski definition) is 0. The molecule has 0 spiro atoms. The highest BCUT2D eigenvalue weighted by Gasteiger charge is 2.34. The summed E-state index contributed by atoms with van der Waals surface area (Å²) >= 11 is 3.37. The number of rotatable bonds is 3. The van der Waals surface area contributed by atoms with E-state index in [0.717, 1.165) is 0 Å². The molecule has 0 aliphatic carbocycles. The Morgan fingerprint density at radius 3 is 1.68 bits per heavy atom. The molecule has 0 heterocycles. The van der Waals surface area contributed by atoms with Crippen LogP contribution in [-0.2, 0) is 4.57 Å². The first-order valence-corrected chi connectivity index (χ1v) is 9.30. The molecule has 0 amide bonds.